The van der Waals surface area contributed by atoms with Gasteiger partial charge in [0.25, 0.3) is 0 Å². The number of halogens is 1. The van der Waals surface area contributed by atoms with Crippen molar-refractivity contribution in [3.8, 4) is 0 Å². The van der Waals surface area contributed by atoms with Crippen LogP contribution in [-0.4, -0.2) is 20.7 Å². The maximum absolute atomic E-state index is 13.0. The Bertz CT molecular complexity index is 980. The number of carbonyl (C=O) groups is 1. The molecule has 1 aliphatic rings. The molecule has 1 aromatic heterocycles. The standard InChI is InChI=1S/C22H23FN4O/c1-15-25-26-21-11-8-18(14-27(15)21)17-3-2-4-20(13-17)24-22(28)12-7-16-5-9-19(23)10-6-16/h2-6,9-10,13,18H,7-8,11-12,14H2,1H3,(H,24,28). The van der Waals surface area contributed by atoms with Gasteiger partial charge in [-0.15, -0.1) is 10.2 Å². The van der Waals surface area contributed by atoms with Gasteiger partial charge >= 0.3 is 0 Å². The average molecular weight is 378 g/mol. The van der Waals surface area contributed by atoms with Gasteiger partial charge in [-0.2, -0.15) is 0 Å². The maximum Gasteiger partial charge on any atom is 0.224 e. The van der Waals surface area contributed by atoms with Gasteiger partial charge in [-0.05, 0) is 55.2 Å². The number of carbonyl (C=O) groups excluding carboxylic acids is 1. The van der Waals surface area contributed by atoms with Crippen LogP contribution in [0.25, 0.3) is 0 Å². The highest BCUT2D eigenvalue weighted by molar-refractivity contribution is 5.90. The molecule has 0 radical (unpaired) electrons. The molecule has 6 heteroatoms. The van der Waals surface area contributed by atoms with Crippen LogP contribution in [0.1, 0.15) is 41.5 Å². The number of nitrogens with one attached hydrogen (secondary N) is 1. The Morgan fingerprint density at radius 1 is 1.21 bits per heavy atom. The minimum atomic E-state index is -0.262. The van der Waals surface area contributed by atoms with E-state index in [0.717, 1.165) is 42.3 Å². The molecule has 1 atom stereocenters. The predicted molar refractivity (Wildman–Crippen MR) is 106 cm³/mol. The van der Waals surface area contributed by atoms with Crippen LogP contribution in [0.15, 0.2) is 48.5 Å². The number of nitrogens with zero attached hydrogens (tertiary/aromatic N) is 3. The first-order valence-corrected chi connectivity index (χ1v) is 9.61. The summed E-state index contributed by atoms with van der Waals surface area (Å²) in [6, 6.07) is 14.3. The van der Waals surface area contributed by atoms with Crippen molar-refractivity contribution in [3.63, 3.8) is 0 Å². The van der Waals surface area contributed by atoms with Crippen LogP contribution in [0.4, 0.5) is 10.1 Å². The highest BCUT2D eigenvalue weighted by Gasteiger charge is 2.23. The monoisotopic (exact) mass is 378 g/mol. The Hall–Kier alpha value is -3.02. The zero-order valence-corrected chi connectivity index (χ0v) is 15.9. The van der Waals surface area contributed by atoms with Gasteiger partial charge in [0.05, 0.1) is 0 Å². The molecule has 0 bridgehead atoms. The number of hydrogen-bond acceptors (Lipinski definition) is 3. The van der Waals surface area contributed by atoms with Gasteiger partial charge in [-0.3, -0.25) is 4.79 Å². The molecule has 5 nitrogen and oxygen atoms in total. The summed E-state index contributed by atoms with van der Waals surface area (Å²) >= 11 is 0. The fourth-order valence-corrected chi connectivity index (χ4v) is 3.74. The van der Waals surface area contributed by atoms with Gasteiger partial charge in [0, 0.05) is 31.0 Å². The van der Waals surface area contributed by atoms with E-state index in [1.165, 1.54) is 17.7 Å². The number of aromatic nitrogens is 3. The van der Waals surface area contributed by atoms with Gasteiger partial charge in [0.1, 0.15) is 17.5 Å². The number of aryl methyl sites for hydroxylation is 3. The molecule has 0 aliphatic carbocycles. The Kier molecular flexibility index (Phi) is 5.19. The molecule has 2 heterocycles. The van der Waals surface area contributed by atoms with Crippen molar-refractivity contribution < 1.29 is 9.18 Å². The third-order valence-corrected chi connectivity index (χ3v) is 5.33. The van der Waals surface area contributed by atoms with Crippen molar-refractivity contribution in [2.24, 2.45) is 0 Å². The normalized spacial score (nSPS) is 15.9. The van der Waals surface area contributed by atoms with Gasteiger partial charge in [-0.1, -0.05) is 24.3 Å². The zero-order valence-electron chi connectivity index (χ0n) is 15.9. The Labute approximate surface area is 163 Å². The molecule has 3 aromatic rings. The lowest BCUT2D eigenvalue weighted by atomic mass is 9.91. The van der Waals surface area contributed by atoms with Crippen molar-refractivity contribution in [2.45, 2.75) is 45.1 Å². The van der Waals surface area contributed by atoms with Crippen molar-refractivity contribution in [1.82, 2.24) is 14.8 Å². The van der Waals surface area contributed by atoms with Crippen molar-refractivity contribution in [3.05, 3.63) is 77.1 Å². The lowest BCUT2D eigenvalue weighted by molar-refractivity contribution is -0.116. The molecule has 1 amide bonds. The number of anilines is 1. The Morgan fingerprint density at radius 2 is 2.04 bits per heavy atom. The summed E-state index contributed by atoms with van der Waals surface area (Å²) in [7, 11) is 0. The lowest BCUT2D eigenvalue weighted by Crippen LogP contribution is -2.20. The first kappa shape index (κ1) is 18.3. The molecular weight excluding hydrogens is 355 g/mol. The summed E-state index contributed by atoms with van der Waals surface area (Å²) in [6.07, 6.45) is 2.90. The summed E-state index contributed by atoms with van der Waals surface area (Å²) in [5, 5.41) is 11.4. The second kappa shape index (κ2) is 7.92. The predicted octanol–water partition coefficient (Wildman–Crippen LogP) is 4.03. The van der Waals surface area contributed by atoms with Crippen LogP contribution in [0.2, 0.25) is 0 Å². The highest BCUT2D eigenvalue weighted by Crippen LogP contribution is 2.30. The number of rotatable bonds is 5. The number of fused-ring (bicyclic) bond motifs is 1. The molecule has 1 aliphatic heterocycles. The molecule has 0 fully saturated rings. The van der Waals surface area contributed by atoms with Crippen molar-refractivity contribution >= 4 is 11.6 Å². The van der Waals surface area contributed by atoms with E-state index in [2.05, 4.69) is 32.2 Å². The first-order chi connectivity index (χ1) is 13.6. The largest absolute Gasteiger partial charge is 0.326 e. The van der Waals surface area contributed by atoms with E-state index in [4.69, 9.17) is 0 Å². The number of benzene rings is 2. The molecule has 0 saturated carbocycles. The topological polar surface area (TPSA) is 59.8 Å². The number of hydrogen-bond donors (Lipinski definition) is 1. The van der Waals surface area contributed by atoms with E-state index in [-0.39, 0.29) is 11.7 Å². The van der Waals surface area contributed by atoms with Crippen LogP contribution >= 0.6 is 0 Å². The van der Waals surface area contributed by atoms with E-state index in [1.54, 1.807) is 12.1 Å². The second-order valence-electron chi connectivity index (χ2n) is 7.31. The maximum atomic E-state index is 13.0. The van der Waals surface area contributed by atoms with E-state index in [0.29, 0.717) is 18.8 Å². The molecule has 0 saturated heterocycles. The summed E-state index contributed by atoms with van der Waals surface area (Å²) < 4.78 is 15.1. The van der Waals surface area contributed by atoms with E-state index in [9.17, 15) is 9.18 Å². The second-order valence-corrected chi connectivity index (χ2v) is 7.31. The molecule has 2 aromatic carbocycles. The van der Waals surface area contributed by atoms with Crippen molar-refractivity contribution in [2.75, 3.05) is 5.32 Å². The summed E-state index contributed by atoms with van der Waals surface area (Å²) in [5.41, 5.74) is 2.98. The molecule has 28 heavy (non-hydrogen) atoms. The SMILES string of the molecule is Cc1nnc2n1CC(c1cccc(NC(=O)CCc3ccc(F)cc3)c1)CC2. The summed E-state index contributed by atoms with van der Waals surface area (Å²) in [5.74, 6) is 2.09. The van der Waals surface area contributed by atoms with Crippen molar-refractivity contribution in [1.29, 1.82) is 0 Å². The zero-order chi connectivity index (χ0) is 19.5. The third kappa shape index (κ3) is 4.11. The van der Waals surface area contributed by atoms with Crippen LogP contribution < -0.4 is 5.32 Å². The average Bonchev–Trinajstić information content (AvgIpc) is 3.08. The molecular formula is C22H23FN4O. The van der Waals surface area contributed by atoms with Crippen LogP contribution in [0, 0.1) is 12.7 Å². The Balaban J connectivity index is 1.38. The van der Waals surface area contributed by atoms with Gasteiger partial charge in [0.2, 0.25) is 5.91 Å². The fourth-order valence-electron chi connectivity index (χ4n) is 3.74. The quantitative estimate of drug-likeness (QED) is 0.729. The molecule has 4 rings (SSSR count). The summed E-state index contributed by atoms with van der Waals surface area (Å²) in [6.45, 7) is 2.85. The van der Waals surface area contributed by atoms with E-state index < -0.39 is 0 Å². The van der Waals surface area contributed by atoms with E-state index in [1.807, 2.05) is 19.1 Å². The molecule has 0 spiro atoms. The highest BCUT2D eigenvalue weighted by atomic mass is 19.1. The van der Waals surface area contributed by atoms with Gasteiger partial charge in [0.15, 0.2) is 0 Å². The van der Waals surface area contributed by atoms with Crippen LogP contribution in [-0.2, 0) is 24.2 Å². The minimum Gasteiger partial charge on any atom is -0.326 e. The van der Waals surface area contributed by atoms with Crippen LogP contribution in [0.5, 0.6) is 0 Å². The summed E-state index contributed by atoms with van der Waals surface area (Å²) in [4.78, 5) is 12.3. The van der Waals surface area contributed by atoms with Gasteiger partial charge < -0.3 is 9.88 Å². The third-order valence-electron chi connectivity index (χ3n) is 5.33. The molecule has 1 unspecified atom stereocenters. The first-order valence-electron chi connectivity index (χ1n) is 9.61. The van der Waals surface area contributed by atoms with E-state index >= 15 is 0 Å². The van der Waals surface area contributed by atoms with Crippen LogP contribution in [0.3, 0.4) is 0 Å². The molecule has 1 N–H and O–H groups in total. The smallest absolute Gasteiger partial charge is 0.224 e. The minimum absolute atomic E-state index is 0.0398. The lowest BCUT2D eigenvalue weighted by Gasteiger charge is -2.24. The fraction of sp³-hybridized carbons (Fsp3) is 0.318. The Morgan fingerprint density at radius 3 is 2.86 bits per heavy atom. The molecule has 144 valence electrons. The van der Waals surface area contributed by atoms with Gasteiger partial charge in [-0.25, -0.2) is 4.39 Å². The number of amides is 1.